The first kappa shape index (κ1) is 12.8. The molecule has 1 aromatic carbocycles. The number of anilines is 3. The van der Waals surface area contributed by atoms with Gasteiger partial charge >= 0.3 is 0 Å². The van der Waals surface area contributed by atoms with Crippen LogP contribution in [0.1, 0.15) is 0 Å². The van der Waals surface area contributed by atoms with E-state index in [1.807, 2.05) is 24.3 Å². The Balaban J connectivity index is 2.09. The summed E-state index contributed by atoms with van der Waals surface area (Å²) in [4.78, 5) is 8.19. The van der Waals surface area contributed by atoms with Crippen LogP contribution in [0.3, 0.4) is 0 Å². The van der Waals surface area contributed by atoms with Gasteiger partial charge in [0.2, 0.25) is 0 Å². The van der Waals surface area contributed by atoms with E-state index in [1.165, 1.54) is 6.33 Å². The van der Waals surface area contributed by atoms with Crippen molar-refractivity contribution in [3.63, 3.8) is 0 Å². The standard InChI is InChI=1S/C12H13BrN4O/c13-9-2-1-3-10(6-9)17-12-7-11(14-4-5-18)15-8-16-12/h1-3,6-8,18H,4-5H2,(H2,14,15,16,17). The third-order valence-corrected chi connectivity index (χ3v) is 2.68. The van der Waals surface area contributed by atoms with Crippen LogP contribution in [0.25, 0.3) is 0 Å². The molecule has 5 nitrogen and oxygen atoms in total. The zero-order valence-corrected chi connectivity index (χ0v) is 11.2. The van der Waals surface area contributed by atoms with E-state index in [1.54, 1.807) is 6.07 Å². The molecular formula is C12H13BrN4O. The van der Waals surface area contributed by atoms with Crippen LogP contribution < -0.4 is 10.6 Å². The van der Waals surface area contributed by atoms with Gasteiger partial charge in [0.05, 0.1) is 6.61 Å². The topological polar surface area (TPSA) is 70.1 Å². The van der Waals surface area contributed by atoms with Gasteiger partial charge in [-0.3, -0.25) is 0 Å². The molecule has 0 aliphatic rings. The highest BCUT2D eigenvalue weighted by Gasteiger charge is 1.99. The Bertz CT molecular complexity index is 521. The van der Waals surface area contributed by atoms with Gasteiger partial charge in [-0.25, -0.2) is 9.97 Å². The molecule has 2 aromatic rings. The van der Waals surface area contributed by atoms with E-state index >= 15 is 0 Å². The molecule has 94 valence electrons. The molecule has 1 heterocycles. The van der Waals surface area contributed by atoms with Crippen LogP contribution in [0.4, 0.5) is 17.3 Å². The van der Waals surface area contributed by atoms with E-state index in [9.17, 15) is 0 Å². The Morgan fingerprint density at radius 2 is 2.00 bits per heavy atom. The van der Waals surface area contributed by atoms with Gasteiger partial charge in [0.25, 0.3) is 0 Å². The number of nitrogens with zero attached hydrogens (tertiary/aromatic N) is 2. The number of aliphatic hydroxyl groups is 1. The molecule has 2 rings (SSSR count). The summed E-state index contributed by atoms with van der Waals surface area (Å²) in [6.45, 7) is 0.533. The number of benzene rings is 1. The lowest BCUT2D eigenvalue weighted by atomic mass is 10.3. The number of halogens is 1. The summed E-state index contributed by atoms with van der Waals surface area (Å²) < 4.78 is 1.00. The average molecular weight is 309 g/mol. The van der Waals surface area contributed by atoms with Crippen LogP contribution >= 0.6 is 15.9 Å². The molecule has 0 aliphatic carbocycles. The fourth-order valence-corrected chi connectivity index (χ4v) is 1.82. The van der Waals surface area contributed by atoms with E-state index < -0.39 is 0 Å². The van der Waals surface area contributed by atoms with Gasteiger partial charge in [-0.2, -0.15) is 0 Å². The number of hydrogen-bond donors (Lipinski definition) is 3. The van der Waals surface area contributed by atoms with Gasteiger partial charge in [0.1, 0.15) is 18.0 Å². The van der Waals surface area contributed by atoms with Crippen molar-refractivity contribution in [3.8, 4) is 0 Å². The van der Waals surface area contributed by atoms with E-state index in [4.69, 9.17) is 5.11 Å². The molecule has 0 saturated heterocycles. The van der Waals surface area contributed by atoms with Crippen LogP contribution in [-0.2, 0) is 0 Å². The van der Waals surface area contributed by atoms with Crippen LogP contribution in [0.15, 0.2) is 41.1 Å². The maximum absolute atomic E-state index is 8.74. The van der Waals surface area contributed by atoms with Gasteiger partial charge in [-0.05, 0) is 18.2 Å². The van der Waals surface area contributed by atoms with Crippen molar-refractivity contribution >= 4 is 33.3 Å². The highest BCUT2D eigenvalue weighted by molar-refractivity contribution is 9.10. The Labute approximate surface area is 113 Å². The number of nitrogens with one attached hydrogen (secondary N) is 2. The number of aromatic nitrogens is 2. The molecule has 6 heteroatoms. The SMILES string of the molecule is OCCNc1cc(Nc2cccc(Br)c2)ncn1. The third-order valence-electron chi connectivity index (χ3n) is 2.18. The maximum Gasteiger partial charge on any atom is 0.135 e. The zero-order chi connectivity index (χ0) is 12.8. The summed E-state index contributed by atoms with van der Waals surface area (Å²) in [5.74, 6) is 1.38. The van der Waals surface area contributed by atoms with Gasteiger partial charge in [-0.15, -0.1) is 0 Å². The fraction of sp³-hybridized carbons (Fsp3) is 0.167. The summed E-state index contributed by atoms with van der Waals surface area (Å²) in [7, 11) is 0. The van der Waals surface area contributed by atoms with Crippen LogP contribution in [0.5, 0.6) is 0 Å². The molecule has 0 bridgehead atoms. The Kier molecular flexibility index (Phi) is 4.49. The molecule has 1 aromatic heterocycles. The summed E-state index contributed by atoms with van der Waals surface area (Å²) >= 11 is 3.41. The van der Waals surface area contributed by atoms with Crippen molar-refractivity contribution in [2.45, 2.75) is 0 Å². The second-order valence-electron chi connectivity index (χ2n) is 3.57. The monoisotopic (exact) mass is 308 g/mol. The fourth-order valence-electron chi connectivity index (χ4n) is 1.42. The first-order valence-electron chi connectivity index (χ1n) is 5.47. The van der Waals surface area contributed by atoms with E-state index in [0.29, 0.717) is 18.2 Å². The van der Waals surface area contributed by atoms with Crippen molar-refractivity contribution in [1.82, 2.24) is 9.97 Å². The smallest absolute Gasteiger partial charge is 0.135 e. The molecule has 0 atom stereocenters. The van der Waals surface area contributed by atoms with Crippen molar-refractivity contribution in [2.24, 2.45) is 0 Å². The Morgan fingerprint density at radius 3 is 2.78 bits per heavy atom. The molecule has 0 aliphatic heterocycles. The molecule has 0 radical (unpaired) electrons. The predicted molar refractivity (Wildman–Crippen MR) is 75.0 cm³/mol. The van der Waals surface area contributed by atoms with Gasteiger partial charge in [0, 0.05) is 22.8 Å². The quantitative estimate of drug-likeness (QED) is 0.791. The molecule has 0 amide bonds. The molecule has 0 unspecified atom stereocenters. The minimum atomic E-state index is 0.0679. The molecule has 3 N–H and O–H groups in total. The zero-order valence-electron chi connectivity index (χ0n) is 9.60. The predicted octanol–water partition coefficient (Wildman–Crippen LogP) is 2.39. The second kappa shape index (κ2) is 6.32. The highest BCUT2D eigenvalue weighted by atomic mass is 79.9. The maximum atomic E-state index is 8.74. The van der Waals surface area contributed by atoms with Gasteiger partial charge in [-0.1, -0.05) is 22.0 Å². The largest absolute Gasteiger partial charge is 0.395 e. The molecule has 18 heavy (non-hydrogen) atoms. The molecule has 0 spiro atoms. The lowest BCUT2D eigenvalue weighted by molar-refractivity contribution is 0.311. The van der Waals surface area contributed by atoms with Crippen molar-refractivity contribution in [2.75, 3.05) is 23.8 Å². The van der Waals surface area contributed by atoms with Gasteiger partial charge < -0.3 is 15.7 Å². The van der Waals surface area contributed by atoms with Crippen molar-refractivity contribution in [1.29, 1.82) is 0 Å². The number of hydrogen-bond acceptors (Lipinski definition) is 5. The first-order chi connectivity index (χ1) is 8.78. The highest BCUT2D eigenvalue weighted by Crippen LogP contribution is 2.19. The van der Waals surface area contributed by atoms with Crippen LogP contribution in [0.2, 0.25) is 0 Å². The van der Waals surface area contributed by atoms with E-state index in [2.05, 4.69) is 36.5 Å². The van der Waals surface area contributed by atoms with Crippen LogP contribution in [0, 0.1) is 0 Å². The average Bonchev–Trinajstić information content (AvgIpc) is 2.37. The van der Waals surface area contributed by atoms with Crippen LogP contribution in [-0.4, -0.2) is 28.2 Å². The lowest BCUT2D eigenvalue weighted by Gasteiger charge is -2.08. The summed E-state index contributed by atoms with van der Waals surface area (Å²) in [6, 6.07) is 9.60. The second-order valence-corrected chi connectivity index (χ2v) is 4.49. The normalized spacial score (nSPS) is 10.1. The Morgan fingerprint density at radius 1 is 1.17 bits per heavy atom. The number of rotatable bonds is 5. The summed E-state index contributed by atoms with van der Waals surface area (Å²) in [6.07, 6.45) is 1.47. The van der Waals surface area contributed by atoms with Crippen molar-refractivity contribution < 1.29 is 5.11 Å². The summed E-state index contributed by atoms with van der Waals surface area (Å²) in [5, 5.41) is 14.9. The van der Waals surface area contributed by atoms with Gasteiger partial charge in [0.15, 0.2) is 0 Å². The minimum Gasteiger partial charge on any atom is -0.395 e. The summed E-state index contributed by atoms with van der Waals surface area (Å²) in [5.41, 5.74) is 0.941. The van der Waals surface area contributed by atoms with E-state index in [0.717, 1.165) is 10.2 Å². The first-order valence-corrected chi connectivity index (χ1v) is 6.26. The lowest BCUT2D eigenvalue weighted by Crippen LogP contribution is -2.07. The third kappa shape index (κ3) is 3.68. The molecule has 0 saturated carbocycles. The Hall–Kier alpha value is -1.66. The van der Waals surface area contributed by atoms with E-state index in [-0.39, 0.29) is 6.61 Å². The minimum absolute atomic E-state index is 0.0679. The molecular weight excluding hydrogens is 296 g/mol. The molecule has 0 fully saturated rings. The number of aliphatic hydroxyl groups excluding tert-OH is 1. The van der Waals surface area contributed by atoms with Crippen molar-refractivity contribution in [3.05, 3.63) is 41.1 Å².